The van der Waals surface area contributed by atoms with Gasteiger partial charge in [0.15, 0.2) is 0 Å². The number of aliphatic hydroxyl groups is 1. The van der Waals surface area contributed by atoms with Gasteiger partial charge in [-0.3, -0.25) is 0 Å². The number of nitrogens with one attached hydrogen (secondary N) is 1. The standard InChI is InChI=1S/C23H29NO6/c1-22(2,3)30-21(26)24-14-9-15-29-19-13-8-12-18(16-19)23(27,20(25)28-4)17-10-6-5-7-11-17/h5-8,10-13,16,27H,9,14-15H2,1-4H3,(H,24,26). The Labute approximate surface area is 177 Å². The molecule has 0 saturated carbocycles. The fraction of sp³-hybridized carbons (Fsp3) is 0.391. The summed E-state index contributed by atoms with van der Waals surface area (Å²) in [5, 5.41) is 13.9. The Morgan fingerprint density at radius 1 is 1.00 bits per heavy atom. The molecule has 2 aromatic carbocycles. The molecule has 2 rings (SSSR count). The van der Waals surface area contributed by atoms with Gasteiger partial charge in [-0.15, -0.1) is 0 Å². The molecule has 7 nitrogen and oxygen atoms in total. The number of benzene rings is 2. The Kier molecular flexibility index (Phi) is 7.83. The third-order valence-electron chi connectivity index (χ3n) is 4.18. The summed E-state index contributed by atoms with van der Waals surface area (Å²) in [6, 6.07) is 15.3. The van der Waals surface area contributed by atoms with Gasteiger partial charge >= 0.3 is 12.1 Å². The first kappa shape index (κ1) is 23.2. The number of carbonyl (C=O) groups is 2. The number of ether oxygens (including phenoxy) is 3. The van der Waals surface area contributed by atoms with Crippen LogP contribution in [0.3, 0.4) is 0 Å². The molecule has 0 heterocycles. The first-order valence-corrected chi connectivity index (χ1v) is 9.73. The van der Waals surface area contributed by atoms with Gasteiger partial charge in [0.2, 0.25) is 5.60 Å². The van der Waals surface area contributed by atoms with Crippen LogP contribution in [0.5, 0.6) is 5.75 Å². The second-order valence-corrected chi connectivity index (χ2v) is 7.73. The molecule has 2 N–H and O–H groups in total. The minimum absolute atomic E-state index is 0.335. The summed E-state index contributed by atoms with van der Waals surface area (Å²) in [4.78, 5) is 24.1. The van der Waals surface area contributed by atoms with Crippen LogP contribution in [0.25, 0.3) is 0 Å². The van der Waals surface area contributed by atoms with Crippen molar-refractivity contribution < 1.29 is 28.9 Å². The van der Waals surface area contributed by atoms with Gasteiger partial charge in [-0.2, -0.15) is 0 Å². The lowest BCUT2D eigenvalue weighted by Crippen LogP contribution is -2.38. The SMILES string of the molecule is COC(=O)C(O)(c1ccccc1)c1cccc(OCCCNC(=O)OC(C)(C)C)c1. The number of alkyl carbamates (subject to hydrolysis) is 1. The van der Waals surface area contributed by atoms with Crippen LogP contribution in [0.1, 0.15) is 38.3 Å². The highest BCUT2D eigenvalue weighted by atomic mass is 16.6. The van der Waals surface area contributed by atoms with E-state index in [1.165, 1.54) is 7.11 Å². The fourth-order valence-corrected chi connectivity index (χ4v) is 2.81. The molecule has 0 saturated heterocycles. The van der Waals surface area contributed by atoms with Crippen LogP contribution in [0.2, 0.25) is 0 Å². The smallest absolute Gasteiger partial charge is 0.407 e. The fourth-order valence-electron chi connectivity index (χ4n) is 2.81. The van der Waals surface area contributed by atoms with Gasteiger partial charge in [0.25, 0.3) is 0 Å². The van der Waals surface area contributed by atoms with Crippen LogP contribution in [0.4, 0.5) is 4.79 Å². The summed E-state index contributed by atoms with van der Waals surface area (Å²) in [6.45, 7) is 6.13. The number of methoxy groups -OCH3 is 1. The summed E-state index contributed by atoms with van der Waals surface area (Å²) in [5.41, 5.74) is -1.76. The van der Waals surface area contributed by atoms with Crippen molar-refractivity contribution in [2.24, 2.45) is 0 Å². The van der Waals surface area contributed by atoms with Crippen molar-refractivity contribution in [1.82, 2.24) is 5.32 Å². The lowest BCUT2D eigenvalue weighted by molar-refractivity contribution is -0.158. The van der Waals surface area contributed by atoms with Crippen molar-refractivity contribution in [1.29, 1.82) is 0 Å². The van der Waals surface area contributed by atoms with Gasteiger partial charge in [0.1, 0.15) is 11.4 Å². The zero-order valence-electron chi connectivity index (χ0n) is 17.8. The van der Waals surface area contributed by atoms with Gasteiger partial charge in [-0.05, 0) is 44.9 Å². The van der Waals surface area contributed by atoms with Gasteiger partial charge in [0.05, 0.1) is 13.7 Å². The first-order chi connectivity index (χ1) is 14.2. The minimum Gasteiger partial charge on any atom is -0.494 e. The predicted octanol–water partition coefficient (Wildman–Crippen LogP) is 3.39. The molecule has 162 valence electrons. The van der Waals surface area contributed by atoms with Crippen molar-refractivity contribution in [2.45, 2.75) is 38.4 Å². The Morgan fingerprint density at radius 2 is 1.67 bits per heavy atom. The highest BCUT2D eigenvalue weighted by Gasteiger charge is 2.41. The molecule has 1 amide bonds. The zero-order valence-corrected chi connectivity index (χ0v) is 17.8. The monoisotopic (exact) mass is 415 g/mol. The Bertz CT molecular complexity index is 846. The molecule has 0 aliphatic heterocycles. The number of rotatable bonds is 8. The van der Waals surface area contributed by atoms with Crippen LogP contribution < -0.4 is 10.1 Å². The number of carbonyl (C=O) groups excluding carboxylic acids is 2. The van der Waals surface area contributed by atoms with E-state index < -0.39 is 23.3 Å². The molecule has 1 atom stereocenters. The maximum Gasteiger partial charge on any atom is 0.407 e. The molecule has 1 unspecified atom stereocenters. The summed E-state index contributed by atoms with van der Waals surface area (Å²) in [5.74, 6) is -0.296. The zero-order chi connectivity index (χ0) is 22.2. The molecular weight excluding hydrogens is 386 g/mol. The van der Waals surface area contributed by atoms with Crippen molar-refractivity contribution in [3.8, 4) is 5.75 Å². The quantitative estimate of drug-likeness (QED) is 0.507. The van der Waals surface area contributed by atoms with Crippen molar-refractivity contribution >= 4 is 12.1 Å². The van der Waals surface area contributed by atoms with Crippen molar-refractivity contribution in [2.75, 3.05) is 20.3 Å². The van der Waals surface area contributed by atoms with Gasteiger partial charge in [0, 0.05) is 12.1 Å². The molecule has 0 aromatic heterocycles. The van der Waals surface area contributed by atoms with Crippen LogP contribution in [-0.2, 0) is 19.9 Å². The Balaban J connectivity index is 2.01. The lowest BCUT2D eigenvalue weighted by Gasteiger charge is -2.26. The van der Waals surface area contributed by atoms with E-state index in [4.69, 9.17) is 14.2 Å². The first-order valence-electron chi connectivity index (χ1n) is 9.73. The van der Waals surface area contributed by atoms with Crippen LogP contribution >= 0.6 is 0 Å². The second kappa shape index (κ2) is 10.1. The van der Waals surface area contributed by atoms with E-state index in [0.29, 0.717) is 36.4 Å². The second-order valence-electron chi connectivity index (χ2n) is 7.73. The van der Waals surface area contributed by atoms with E-state index in [0.717, 1.165) is 0 Å². The Morgan fingerprint density at radius 3 is 2.30 bits per heavy atom. The molecule has 0 radical (unpaired) electrons. The molecule has 30 heavy (non-hydrogen) atoms. The number of hydrogen-bond acceptors (Lipinski definition) is 6. The van der Waals surface area contributed by atoms with E-state index in [2.05, 4.69) is 5.32 Å². The van der Waals surface area contributed by atoms with E-state index in [1.54, 1.807) is 75.4 Å². The van der Waals surface area contributed by atoms with Crippen LogP contribution in [0.15, 0.2) is 54.6 Å². The molecular formula is C23H29NO6. The van der Waals surface area contributed by atoms with E-state index in [9.17, 15) is 14.7 Å². The summed E-state index contributed by atoms with van der Waals surface area (Å²) in [7, 11) is 1.23. The van der Waals surface area contributed by atoms with Crippen molar-refractivity contribution in [3.05, 3.63) is 65.7 Å². The largest absolute Gasteiger partial charge is 0.494 e. The molecule has 0 bridgehead atoms. The van der Waals surface area contributed by atoms with E-state index in [-0.39, 0.29) is 0 Å². The average Bonchev–Trinajstić information content (AvgIpc) is 2.72. The van der Waals surface area contributed by atoms with E-state index >= 15 is 0 Å². The average molecular weight is 415 g/mol. The minimum atomic E-state index is -1.95. The topological polar surface area (TPSA) is 94.1 Å². The maximum atomic E-state index is 12.4. The molecule has 0 spiro atoms. The molecule has 0 fully saturated rings. The predicted molar refractivity (Wildman–Crippen MR) is 112 cm³/mol. The van der Waals surface area contributed by atoms with Crippen LogP contribution in [-0.4, -0.2) is 43.0 Å². The van der Waals surface area contributed by atoms with Crippen LogP contribution in [0, 0.1) is 0 Å². The number of esters is 1. The highest BCUT2D eigenvalue weighted by Crippen LogP contribution is 2.32. The summed E-state index contributed by atoms with van der Waals surface area (Å²) in [6.07, 6.45) is 0.0826. The summed E-state index contributed by atoms with van der Waals surface area (Å²) >= 11 is 0. The molecule has 0 aliphatic carbocycles. The molecule has 2 aromatic rings. The number of hydrogen-bond donors (Lipinski definition) is 2. The highest BCUT2D eigenvalue weighted by molar-refractivity contribution is 5.85. The van der Waals surface area contributed by atoms with E-state index in [1.807, 2.05) is 0 Å². The van der Waals surface area contributed by atoms with Gasteiger partial charge < -0.3 is 24.6 Å². The molecule has 7 heteroatoms. The third kappa shape index (κ3) is 6.22. The normalized spacial score (nSPS) is 13.1. The van der Waals surface area contributed by atoms with Crippen molar-refractivity contribution in [3.63, 3.8) is 0 Å². The molecule has 0 aliphatic rings. The Hall–Kier alpha value is -3.06. The maximum absolute atomic E-state index is 12.4. The van der Waals surface area contributed by atoms with Gasteiger partial charge in [-0.1, -0.05) is 42.5 Å². The lowest BCUT2D eigenvalue weighted by atomic mass is 9.86. The summed E-state index contributed by atoms with van der Waals surface area (Å²) < 4.78 is 15.7. The van der Waals surface area contributed by atoms with Gasteiger partial charge in [-0.25, -0.2) is 9.59 Å². The third-order valence-corrected chi connectivity index (χ3v) is 4.18. The number of amides is 1.